The number of rotatable bonds is 4. The van der Waals surface area contributed by atoms with Crippen LogP contribution in [0.1, 0.15) is 18.2 Å². The fourth-order valence-electron chi connectivity index (χ4n) is 3.02. The summed E-state index contributed by atoms with van der Waals surface area (Å²) in [6.07, 6.45) is 1.11. The first-order valence-electron chi connectivity index (χ1n) is 8.50. The van der Waals surface area contributed by atoms with Crippen molar-refractivity contribution in [2.24, 2.45) is 0 Å². The van der Waals surface area contributed by atoms with Gasteiger partial charge in [0.1, 0.15) is 6.04 Å². The minimum atomic E-state index is -3.52. The highest BCUT2D eigenvalue weighted by molar-refractivity contribution is 7.88. The van der Waals surface area contributed by atoms with Crippen molar-refractivity contribution in [3.05, 3.63) is 21.6 Å². The zero-order chi connectivity index (χ0) is 19.9. The first-order chi connectivity index (χ1) is 12.6. The minimum Gasteiger partial charge on any atom is -0.355 e. The molecular weight excluding hydrogens is 392 g/mol. The van der Waals surface area contributed by atoms with Crippen LogP contribution < -0.4 is 15.8 Å². The van der Waals surface area contributed by atoms with Crippen LogP contribution in [0.4, 0.5) is 5.13 Å². The van der Waals surface area contributed by atoms with Crippen molar-refractivity contribution >= 4 is 37.4 Å². The van der Waals surface area contributed by atoms with Crippen LogP contribution in [0.3, 0.4) is 0 Å². The summed E-state index contributed by atoms with van der Waals surface area (Å²) in [5.41, 5.74) is 0.957. The van der Waals surface area contributed by atoms with Gasteiger partial charge in [-0.15, -0.1) is 5.10 Å². The Bertz CT molecular complexity index is 1040. The number of piperazine rings is 1. The van der Waals surface area contributed by atoms with Gasteiger partial charge in [0, 0.05) is 31.7 Å². The van der Waals surface area contributed by atoms with E-state index in [2.05, 4.69) is 15.4 Å². The fourth-order valence-corrected chi connectivity index (χ4v) is 5.03. The van der Waals surface area contributed by atoms with Crippen molar-refractivity contribution in [3.8, 4) is 0 Å². The summed E-state index contributed by atoms with van der Waals surface area (Å²) in [5, 5.41) is 7.81. The van der Waals surface area contributed by atoms with E-state index >= 15 is 0 Å². The molecule has 0 aromatic carbocycles. The molecule has 1 N–H and O–H groups in total. The van der Waals surface area contributed by atoms with Crippen LogP contribution in [0.5, 0.6) is 0 Å². The van der Waals surface area contributed by atoms with E-state index < -0.39 is 16.1 Å². The van der Waals surface area contributed by atoms with Gasteiger partial charge in [-0.25, -0.2) is 12.9 Å². The van der Waals surface area contributed by atoms with Crippen LogP contribution in [0.25, 0.3) is 4.96 Å². The zero-order valence-corrected chi connectivity index (χ0v) is 17.2. The standard InChI is InChI=1S/C15H22N6O4S2/c1-5-16-13(23)11-8-19(6-7-20(11)27(4,24)25)15-18-21-10(3)9(2)12(22)17-14(21)26-15/h11H,5-8H2,1-4H3,(H,16,23). The predicted octanol–water partition coefficient (Wildman–Crippen LogP) is -0.646. The molecule has 1 aliphatic heterocycles. The van der Waals surface area contributed by atoms with Crippen LogP contribution in [0.2, 0.25) is 0 Å². The molecule has 1 saturated heterocycles. The summed E-state index contributed by atoms with van der Waals surface area (Å²) < 4.78 is 27.0. The van der Waals surface area contributed by atoms with Gasteiger partial charge in [-0.1, -0.05) is 11.3 Å². The lowest BCUT2D eigenvalue weighted by Gasteiger charge is -2.38. The summed E-state index contributed by atoms with van der Waals surface area (Å²) in [6, 6.07) is -0.837. The molecule has 12 heteroatoms. The van der Waals surface area contributed by atoms with Crippen LogP contribution >= 0.6 is 11.3 Å². The maximum atomic E-state index is 12.4. The Hall–Kier alpha value is -2.05. The zero-order valence-electron chi connectivity index (χ0n) is 15.6. The van der Waals surface area contributed by atoms with E-state index in [0.29, 0.717) is 34.4 Å². The molecule has 0 bridgehead atoms. The Labute approximate surface area is 160 Å². The monoisotopic (exact) mass is 414 g/mol. The summed E-state index contributed by atoms with van der Waals surface area (Å²) in [7, 11) is -3.52. The van der Waals surface area contributed by atoms with Crippen molar-refractivity contribution in [3.63, 3.8) is 0 Å². The summed E-state index contributed by atoms with van der Waals surface area (Å²) >= 11 is 1.24. The number of carbonyl (C=O) groups excluding carboxylic acids is 1. The Balaban J connectivity index is 1.96. The van der Waals surface area contributed by atoms with Gasteiger partial charge in [0.15, 0.2) is 0 Å². The van der Waals surface area contributed by atoms with Gasteiger partial charge in [-0.2, -0.15) is 9.29 Å². The number of nitrogens with zero attached hydrogens (tertiary/aromatic N) is 5. The highest BCUT2D eigenvalue weighted by atomic mass is 32.2. The maximum Gasteiger partial charge on any atom is 0.277 e. The summed E-state index contributed by atoms with van der Waals surface area (Å²) in [6.45, 7) is 6.45. The molecule has 2 aromatic rings. The van der Waals surface area contributed by atoms with E-state index in [1.807, 2.05) is 4.90 Å². The highest BCUT2D eigenvalue weighted by Gasteiger charge is 2.38. The smallest absolute Gasteiger partial charge is 0.277 e. The van der Waals surface area contributed by atoms with E-state index in [1.165, 1.54) is 15.6 Å². The average Bonchev–Trinajstić information content (AvgIpc) is 3.02. The predicted molar refractivity (Wildman–Crippen MR) is 103 cm³/mol. The van der Waals surface area contributed by atoms with Gasteiger partial charge in [-0.3, -0.25) is 9.59 Å². The molecular formula is C15H22N6O4S2. The lowest BCUT2D eigenvalue weighted by Crippen LogP contribution is -2.60. The van der Waals surface area contributed by atoms with Crippen molar-refractivity contribution in [2.75, 3.05) is 37.3 Å². The Morgan fingerprint density at radius 3 is 2.67 bits per heavy atom. The molecule has 10 nitrogen and oxygen atoms in total. The van der Waals surface area contributed by atoms with E-state index in [9.17, 15) is 18.0 Å². The molecule has 148 valence electrons. The summed E-state index contributed by atoms with van der Waals surface area (Å²) in [4.78, 5) is 30.7. The maximum absolute atomic E-state index is 12.4. The topological polar surface area (TPSA) is 117 Å². The van der Waals surface area contributed by atoms with Crippen LogP contribution in [-0.4, -0.2) is 71.7 Å². The molecule has 1 amide bonds. The molecule has 3 heterocycles. The van der Waals surface area contributed by atoms with E-state index in [4.69, 9.17) is 0 Å². The second-order valence-corrected chi connectivity index (χ2v) is 9.31. The largest absolute Gasteiger partial charge is 0.355 e. The lowest BCUT2D eigenvalue weighted by molar-refractivity contribution is -0.124. The van der Waals surface area contributed by atoms with Gasteiger partial charge in [0.05, 0.1) is 11.9 Å². The number of carbonyl (C=O) groups is 1. The van der Waals surface area contributed by atoms with E-state index in [0.717, 1.165) is 6.26 Å². The first kappa shape index (κ1) is 19.7. The van der Waals surface area contributed by atoms with Gasteiger partial charge >= 0.3 is 0 Å². The van der Waals surface area contributed by atoms with Gasteiger partial charge in [0.25, 0.3) is 5.56 Å². The molecule has 1 atom stereocenters. The molecule has 27 heavy (non-hydrogen) atoms. The number of sulfonamides is 1. The lowest BCUT2D eigenvalue weighted by atomic mass is 10.2. The number of hydrogen-bond donors (Lipinski definition) is 1. The minimum absolute atomic E-state index is 0.180. The molecule has 1 unspecified atom stereocenters. The number of aryl methyl sites for hydroxylation is 1. The Morgan fingerprint density at radius 2 is 2.04 bits per heavy atom. The van der Waals surface area contributed by atoms with Crippen molar-refractivity contribution in [1.29, 1.82) is 0 Å². The number of hydrogen-bond acceptors (Lipinski definition) is 8. The molecule has 0 radical (unpaired) electrons. The number of aromatic nitrogens is 3. The Morgan fingerprint density at radius 1 is 1.33 bits per heavy atom. The fraction of sp³-hybridized carbons (Fsp3) is 0.600. The van der Waals surface area contributed by atoms with Crippen molar-refractivity contribution in [1.82, 2.24) is 24.2 Å². The van der Waals surface area contributed by atoms with Crippen molar-refractivity contribution < 1.29 is 13.2 Å². The van der Waals surface area contributed by atoms with Crippen LogP contribution in [0.15, 0.2) is 4.79 Å². The van der Waals surface area contributed by atoms with Gasteiger partial charge in [-0.05, 0) is 20.8 Å². The number of likely N-dealkylation sites (N-methyl/N-ethyl adjacent to an activating group) is 1. The molecule has 0 aliphatic carbocycles. The van der Waals surface area contributed by atoms with E-state index in [1.54, 1.807) is 25.3 Å². The second-order valence-electron chi connectivity index (χ2n) is 6.44. The first-order valence-corrected chi connectivity index (χ1v) is 11.2. The molecule has 0 saturated carbocycles. The quantitative estimate of drug-likeness (QED) is 0.707. The molecule has 2 aromatic heterocycles. The number of amides is 1. The molecule has 0 spiro atoms. The number of nitrogens with one attached hydrogen (secondary N) is 1. The third-order valence-corrected chi connectivity index (χ3v) is 6.87. The molecule has 1 aliphatic rings. The molecule has 3 rings (SSSR count). The second kappa shape index (κ2) is 7.17. The van der Waals surface area contributed by atoms with Crippen LogP contribution in [-0.2, 0) is 14.8 Å². The normalized spacial score (nSPS) is 18.8. The number of fused-ring (bicyclic) bond motifs is 1. The van der Waals surface area contributed by atoms with Gasteiger partial charge in [0.2, 0.25) is 26.0 Å². The van der Waals surface area contributed by atoms with Gasteiger partial charge < -0.3 is 10.2 Å². The molecule has 1 fully saturated rings. The average molecular weight is 415 g/mol. The van der Waals surface area contributed by atoms with Crippen molar-refractivity contribution in [2.45, 2.75) is 26.8 Å². The summed E-state index contributed by atoms with van der Waals surface area (Å²) in [5.74, 6) is -0.339. The van der Waals surface area contributed by atoms with E-state index in [-0.39, 0.29) is 24.6 Å². The number of anilines is 1. The third kappa shape index (κ3) is 3.69. The third-order valence-electron chi connectivity index (χ3n) is 4.61. The van der Waals surface area contributed by atoms with Crippen LogP contribution in [0, 0.1) is 13.8 Å². The Kier molecular flexibility index (Phi) is 5.23. The highest BCUT2D eigenvalue weighted by Crippen LogP contribution is 2.26. The SMILES string of the molecule is CCNC(=O)C1CN(c2nn3c(C)c(C)c(=O)nc3s2)CCN1S(C)(=O)=O.